The van der Waals surface area contributed by atoms with Crippen LogP contribution in [0, 0.1) is 20.2 Å². The summed E-state index contributed by atoms with van der Waals surface area (Å²) in [5.74, 6) is 0. The lowest BCUT2D eigenvalue weighted by Crippen LogP contribution is -2.50. The van der Waals surface area contributed by atoms with E-state index in [0.29, 0.717) is 31.9 Å². The van der Waals surface area contributed by atoms with Crippen LogP contribution in [0.3, 0.4) is 0 Å². The molecule has 11 heteroatoms. The molecule has 10 nitrogen and oxygen atoms in total. The summed E-state index contributed by atoms with van der Waals surface area (Å²) in [6.45, 7) is 1.57. The quantitative estimate of drug-likeness (QED) is 0.613. The van der Waals surface area contributed by atoms with Crippen molar-refractivity contribution in [2.75, 3.05) is 36.4 Å². The SMILES string of the molecule is O=C(Nc1ccc(Cl)c([N+](=O)[O-])c1)N1CCN(c2ccccc2[N+](=O)[O-])CC1. The minimum Gasteiger partial charge on any atom is -0.362 e. The van der Waals surface area contributed by atoms with Gasteiger partial charge in [0.05, 0.1) is 9.85 Å². The third-order valence-corrected chi connectivity index (χ3v) is 4.70. The molecule has 1 aliphatic rings. The number of benzene rings is 2. The second-order valence-corrected chi connectivity index (χ2v) is 6.48. The fourth-order valence-corrected chi connectivity index (χ4v) is 3.16. The normalized spacial score (nSPS) is 13.9. The molecular weight excluding hydrogens is 390 g/mol. The van der Waals surface area contributed by atoms with Crippen molar-refractivity contribution < 1.29 is 14.6 Å². The highest BCUT2D eigenvalue weighted by Gasteiger charge is 2.25. The highest BCUT2D eigenvalue weighted by molar-refractivity contribution is 6.32. The molecule has 146 valence electrons. The molecule has 0 bridgehead atoms. The van der Waals surface area contributed by atoms with Gasteiger partial charge in [-0.3, -0.25) is 20.2 Å². The molecular formula is C17H16ClN5O5. The van der Waals surface area contributed by atoms with Gasteiger partial charge in [0, 0.05) is 44.0 Å². The largest absolute Gasteiger partial charge is 0.362 e. The van der Waals surface area contributed by atoms with Crippen LogP contribution in [0.15, 0.2) is 42.5 Å². The van der Waals surface area contributed by atoms with Crippen molar-refractivity contribution in [3.63, 3.8) is 0 Å². The lowest BCUT2D eigenvalue weighted by molar-refractivity contribution is -0.384. The van der Waals surface area contributed by atoms with Gasteiger partial charge in [0.25, 0.3) is 11.4 Å². The van der Waals surface area contributed by atoms with Gasteiger partial charge in [-0.15, -0.1) is 0 Å². The molecule has 2 aromatic carbocycles. The van der Waals surface area contributed by atoms with Gasteiger partial charge >= 0.3 is 6.03 Å². The van der Waals surface area contributed by atoms with Crippen molar-refractivity contribution in [2.45, 2.75) is 0 Å². The summed E-state index contributed by atoms with van der Waals surface area (Å²) in [4.78, 5) is 36.9. The van der Waals surface area contributed by atoms with E-state index in [2.05, 4.69) is 5.32 Å². The van der Waals surface area contributed by atoms with E-state index in [4.69, 9.17) is 11.6 Å². The lowest BCUT2D eigenvalue weighted by Gasteiger charge is -2.35. The number of rotatable bonds is 4. The topological polar surface area (TPSA) is 122 Å². The molecule has 0 aliphatic carbocycles. The Morgan fingerprint density at radius 1 is 0.964 bits per heavy atom. The number of piperazine rings is 1. The molecule has 2 amide bonds. The standard InChI is InChI=1S/C17H16ClN5O5/c18-13-6-5-12(11-16(13)23(27)28)19-17(24)21-9-7-20(8-10-21)14-3-1-2-4-15(14)22(25)26/h1-6,11H,7-10H2,(H,19,24). The number of hydrogen-bond acceptors (Lipinski definition) is 6. The van der Waals surface area contributed by atoms with E-state index in [1.807, 2.05) is 4.90 Å². The number of nitro groups is 2. The molecule has 1 heterocycles. The Balaban J connectivity index is 1.64. The Morgan fingerprint density at radius 2 is 1.61 bits per heavy atom. The summed E-state index contributed by atoms with van der Waals surface area (Å²) in [7, 11) is 0. The van der Waals surface area contributed by atoms with Crippen LogP contribution in [0.5, 0.6) is 0 Å². The van der Waals surface area contributed by atoms with Crippen molar-refractivity contribution in [1.29, 1.82) is 0 Å². The van der Waals surface area contributed by atoms with Crippen molar-refractivity contribution in [3.05, 3.63) is 67.7 Å². The second kappa shape index (κ2) is 8.09. The maximum atomic E-state index is 12.4. The molecule has 0 aromatic heterocycles. The fraction of sp³-hybridized carbons (Fsp3) is 0.235. The molecule has 0 atom stereocenters. The van der Waals surface area contributed by atoms with Crippen LogP contribution in [0.2, 0.25) is 5.02 Å². The molecule has 0 unspecified atom stereocenters. The second-order valence-electron chi connectivity index (χ2n) is 6.07. The maximum Gasteiger partial charge on any atom is 0.321 e. The summed E-state index contributed by atoms with van der Waals surface area (Å²) in [5, 5.41) is 24.7. The maximum absolute atomic E-state index is 12.4. The molecule has 1 aliphatic heterocycles. The predicted octanol–water partition coefficient (Wildman–Crippen LogP) is 3.51. The number of carbonyl (C=O) groups is 1. The first kappa shape index (κ1) is 19.4. The number of nitro benzene ring substituents is 2. The highest BCUT2D eigenvalue weighted by Crippen LogP contribution is 2.29. The number of halogens is 1. The van der Waals surface area contributed by atoms with Crippen molar-refractivity contribution in [3.8, 4) is 0 Å². The minimum atomic E-state index is -0.622. The van der Waals surface area contributed by atoms with Gasteiger partial charge < -0.3 is 15.1 Å². The molecule has 2 aromatic rings. The zero-order valence-electron chi connectivity index (χ0n) is 14.6. The Bertz CT molecular complexity index is 930. The molecule has 0 radical (unpaired) electrons. The van der Waals surface area contributed by atoms with Gasteiger partial charge in [-0.2, -0.15) is 0 Å². The van der Waals surface area contributed by atoms with Gasteiger partial charge in [-0.05, 0) is 18.2 Å². The van der Waals surface area contributed by atoms with Gasteiger partial charge in [0.2, 0.25) is 0 Å². The summed E-state index contributed by atoms with van der Waals surface area (Å²) in [6.07, 6.45) is 0. The number of anilines is 2. The first-order valence-electron chi connectivity index (χ1n) is 8.35. The number of nitrogens with one attached hydrogen (secondary N) is 1. The van der Waals surface area contributed by atoms with Crippen LogP contribution in [0.4, 0.5) is 27.5 Å². The average Bonchev–Trinajstić information content (AvgIpc) is 2.69. The molecule has 0 saturated carbocycles. The zero-order valence-corrected chi connectivity index (χ0v) is 15.3. The van der Waals surface area contributed by atoms with E-state index in [1.54, 1.807) is 23.1 Å². The Morgan fingerprint density at radius 3 is 2.25 bits per heavy atom. The van der Waals surface area contributed by atoms with E-state index < -0.39 is 15.9 Å². The first-order valence-corrected chi connectivity index (χ1v) is 8.73. The third kappa shape index (κ3) is 4.12. The molecule has 28 heavy (non-hydrogen) atoms. The minimum absolute atomic E-state index is 0.0129. The summed E-state index contributed by atoms with van der Waals surface area (Å²) >= 11 is 5.77. The van der Waals surface area contributed by atoms with Crippen molar-refractivity contribution in [2.24, 2.45) is 0 Å². The van der Waals surface area contributed by atoms with Crippen LogP contribution in [0.1, 0.15) is 0 Å². The van der Waals surface area contributed by atoms with E-state index in [0.717, 1.165) is 0 Å². The Hall–Kier alpha value is -3.40. The summed E-state index contributed by atoms with van der Waals surface area (Å²) < 4.78 is 0. The van der Waals surface area contributed by atoms with Gasteiger partial charge in [-0.1, -0.05) is 23.7 Å². The van der Waals surface area contributed by atoms with Crippen LogP contribution in [-0.4, -0.2) is 47.0 Å². The predicted molar refractivity (Wildman–Crippen MR) is 104 cm³/mol. The molecule has 1 saturated heterocycles. The van der Waals surface area contributed by atoms with Crippen LogP contribution in [0.25, 0.3) is 0 Å². The average molecular weight is 406 g/mol. The van der Waals surface area contributed by atoms with E-state index >= 15 is 0 Å². The summed E-state index contributed by atoms with van der Waals surface area (Å²) in [5.41, 5.74) is 0.512. The van der Waals surface area contributed by atoms with Gasteiger partial charge in [-0.25, -0.2) is 4.79 Å². The fourth-order valence-electron chi connectivity index (χ4n) is 2.97. The monoisotopic (exact) mass is 405 g/mol. The van der Waals surface area contributed by atoms with Gasteiger partial charge in [0.1, 0.15) is 10.7 Å². The smallest absolute Gasteiger partial charge is 0.321 e. The number of urea groups is 1. The Labute approximate surface area is 164 Å². The highest BCUT2D eigenvalue weighted by atomic mass is 35.5. The van der Waals surface area contributed by atoms with Crippen LogP contribution < -0.4 is 10.2 Å². The molecule has 3 rings (SSSR count). The molecule has 0 spiro atoms. The van der Waals surface area contributed by atoms with E-state index in [9.17, 15) is 25.0 Å². The van der Waals surface area contributed by atoms with Crippen LogP contribution in [-0.2, 0) is 0 Å². The van der Waals surface area contributed by atoms with Crippen LogP contribution >= 0.6 is 11.6 Å². The number of nitrogens with zero attached hydrogens (tertiary/aromatic N) is 4. The summed E-state index contributed by atoms with van der Waals surface area (Å²) in [6, 6.07) is 10.1. The number of para-hydroxylation sites is 2. The number of amides is 2. The van der Waals surface area contributed by atoms with Crippen molar-refractivity contribution >= 4 is 40.4 Å². The van der Waals surface area contributed by atoms with Crippen molar-refractivity contribution in [1.82, 2.24) is 4.90 Å². The van der Waals surface area contributed by atoms with Gasteiger partial charge in [0.15, 0.2) is 0 Å². The zero-order chi connectivity index (χ0) is 20.3. The number of carbonyl (C=O) groups excluding carboxylic acids is 1. The van der Waals surface area contributed by atoms with E-state index in [1.165, 1.54) is 24.3 Å². The Kier molecular flexibility index (Phi) is 5.59. The third-order valence-electron chi connectivity index (χ3n) is 4.38. The molecule has 1 N–H and O–H groups in total. The number of hydrogen-bond donors (Lipinski definition) is 1. The lowest BCUT2D eigenvalue weighted by atomic mass is 10.2. The molecule has 1 fully saturated rings. The first-order chi connectivity index (χ1) is 13.4. The van der Waals surface area contributed by atoms with E-state index in [-0.39, 0.29) is 22.1 Å².